The lowest BCUT2D eigenvalue weighted by Gasteiger charge is -2.33. The van der Waals surface area contributed by atoms with Gasteiger partial charge < -0.3 is 15.6 Å². The number of rotatable bonds is 7. The maximum Gasteiger partial charge on any atom is 0.243 e. The van der Waals surface area contributed by atoms with Crippen LogP contribution in [-0.2, 0) is 16.0 Å². The number of para-hydroxylation sites is 1. The van der Waals surface area contributed by atoms with Gasteiger partial charge in [-0.25, -0.2) is 5.48 Å². The highest BCUT2D eigenvalue weighted by atomic mass is 16.5. The summed E-state index contributed by atoms with van der Waals surface area (Å²) in [6.45, 7) is 1.44. The molecule has 7 heteroatoms. The Hall–Kier alpha value is -2.38. The van der Waals surface area contributed by atoms with Crippen LogP contribution in [0.3, 0.4) is 0 Å². The van der Waals surface area contributed by atoms with E-state index < -0.39 is 6.04 Å². The number of amides is 2. The van der Waals surface area contributed by atoms with Crippen molar-refractivity contribution in [3.05, 3.63) is 36.0 Å². The van der Waals surface area contributed by atoms with Gasteiger partial charge in [0.1, 0.15) is 0 Å². The SMILES string of the molecule is N[C@H](Cc1c[nH]c2ccccc12)C(=O)N1CCC(CCCC(=O)NO)CC1. The number of carbonyl (C=O) groups is 2. The highest BCUT2D eigenvalue weighted by Crippen LogP contribution is 2.24. The Morgan fingerprint density at radius 3 is 2.78 bits per heavy atom. The number of nitrogens with two attached hydrogens (primary N) is 1. The summed E-state index contributed by atoms with van der Waals surface area (Å²) in [7, 11) is 0. The van der Waals surface area contributed by atoms with Crippen molar-refractivity contribution in [2.24, 2.45) is 11.7 Å². The van der Waals surface area contributed by atoms with Gasteiger partial charge in [-0.15, -0.1) is 0 Å². The minimum atomic E-state index is -0.533. The van der Waals surface area contributed by atoms with Gasteiger partial charge in [0, 0.05) is 36.6 Å². The summed E-state index contributed by atoms with van der Waals surface area (Å²) in [5.41, 5.74) is 10.0. The predicted octanol–water partition coefficient (Wildman–Crippen LogP) is 1.95. The Balaban J connectivity index is 1.46. The van der Waals surface area contributed by atoms with Crippen LogP contribution in [0.4, 0.5) is 0 Å². The topological polar surface area (TPSA) is 111 Å². The number of hydroxylamine groups is 1. The lowest BCUT2D eigenvalue weighted by Crippen LogP contribution is -2.48. The molecule has 5 N–H and O–H groups in total. The van der Waals surface area contributed by atoms with Crippen molar-refractivity contribution in [2.75, 3.05) is 13.1 Å². The van der Waals surface area contributed by atoms with Crippen molar-refractivity contribution in [3.63, 3.8) is 0 Å². The predicted molar refractivity (Wildman–Crippen MR) is 103 cm³/mol. The van der Waals surface area contributed by atoms with Gasteiger partial charge in [-0.3, -0.25) is 14.8 Å². The molecule has 1 aromatic heterocycles. The first-order chi connectivity index (χ1) is 13.1. The van der Waals surface area contributed by atoms with Gasteiger partial charge in [-0.05, 0) is 49.7 Å². The van der Waals surface area contributed by atoms with E-state index in [4.69, 9.17) is 10.9 Å². The molecular formula is C20H28N4O3. The lowest BCUT2D eigenvalue weighted by molar-refractivity contribution is -0.134. The van der Waals surface area contributed by atoms with Gasteiger partial charge in [0.15, 0.2) is 0 Å². The fourth-order valence-electron chi connectivity index (χ4n) is 3.91. The minimum Gasteiger partial charge on any atom is -0.361 e. The molecular weight excluding hydrogens is 344 g/mol. The molecule has 1 aliphatic rings. The zero-order chi connectivity index (χ0) is 19.2. The summed E-state index contributed by atoms with van der Waals surface area (Å²) in [5, 5.41) is 9.63. The molecule has 2 aromatic rings. The van der Waals surface area contributed by atoms with Gasteiger partial charge in [-0.1, -0.05) is 18.2 Å². The van der Waals surface area contributed by atoms with E-state index >= 15 is 0 Å². The normalized spacial score (nSPS) is 16.4. The standard InChI is InChI=1S/C20H28N4O3/c21-17(12-15-13-22-18-6-2-1-5-16(15)18)20(26)24-10-8-14(9-11-24)4-3-7-19(25)23-27/h1-2,5-6,13-14,17,22,27H,3-4,7-12,21H2,(H,23,25)/t17-/m1/s1. The summed E-state index contributed by atoms with van der Waals surface area (Å²) >= 11 is 0. The van der Waals surface area contributed by atoms with E-state index in [0.29, 0.717) is 18.8 Å². The number of hydrogen-bond acceptors (Lipinski definition) is 4. The Morgan fingerprint density at radius 1 is 1.30 bits per heavy atom. The molecule has 27 heavy (non-hydrogen) atoms. The second kappa shape index (κ2) is 9.01. The maximum absolute atomic E-state index is 12.7. The van der Waals surface area contributed by atoms with E-state index in [1.807, 2.05) is 35.4 Å². The zero-order valence-corrected chi connectivity index (χ0v) is 15.5. The third-order valence-corrected chi connectivity index (χ3v) is 5.50. The molecule has 0 aliphatic carbocycles. The summed E-state index contributed by atoms with van der Waals surface area (Å²) in [5.74, 6) is 0.189. The van der Waals surface area contributed by atoms with Gasteiger partial charge in [0.05, 0.1) is 6.04 Å². The molecule has 1 fully saturated rings. The molecule has 1 aromatic carbocycles. The van der Waals surface area contributed by atoms with E-state index in [0.717, 1.165) is 55.2 Å². The van der Waals surface area contributed by atoms with Crippen LogP contribution in [0.1, 0.15) is 37.7 Å². The smallest absolute Gasteiger partial charge is 0.243 e. The van der Waals surface area contributed by atoms with Gasteiger partial charge in [0.25, 0.3) is 0 Å². The number of benzene rings is 1. The maximum atomic E-state index is 12.7. The minimum absolute atomic E-state index is 0.0124. The average molecular weight is 372 g/mol. The summed E-state index contributed by atoms with van der Waals surface area (Å²) in [4.78, 5) is 28.9. The van der Waals surface area contributed by atoms with Crippen molar-refractivity contribution in [1.29, 1.82) is 0 Å². The lowest BCUT2D eigenvalue weighted by atomic mass is 9.91. The molecule has 1 atom stereocenters. The van der Waals surface area contributed by atoms with E-state index in [2.05, 4.69) is 4.98 Å². The molecule has 1 saturated heterocycles. The molecule has 2 heterocycles. The van der Waals surface area contributed by atoms with E-state index in [1.165, 1.54) is 0 Å². The Kier molecular flexibility index (Phi) is 6.47. The molecule has 0 unspecified atom stereocenters. The van der Waals surface area contributed by atoms with Crippen molar-refractivity contribution < 1.29 is 14.8 Å². The fraction of sp³-hybridized carbons (Fsp3) is 0.500. The van der Waals surface area contributed by atoms with Gasteiger partial charge in [0.2, 0.25) is 11.8 Å². The average Bonchev–Trinajstić information content (AvgIpc) is 3.10. The Labute approximate surface area is 158 Å². The van der Waals surface area contributed by atoms with E-state index in [-0.39, 0.29) is 11.8 Å². The number of aromatic amines is 1. The number of likely N-dealkylation sites (tertiary alicyclic amines) is 1. The first-order valence-corrected chi connectivity index (χ1v) is 9.60. The van der Waals surface area contributed by atoms with Crippen LogP contribution in [0.25, 0.3) is 10.9 Å². The second-order valence-corrected chi connectivity index (χ2v) is 7.37. The number of H-pyrrole nitrogens is 1. The van der Waals surface area contributed by atoms with E-state index in [9.17, 15) is 9.59 Å². The van der Waals surface area contributed by atoms with Crippen molar-refractivity contribution >= 4 is 22.7 Å². The number of fused-ring (bicyclic) bond motifs is 1. The number of aromatic nitrogens is 1. The number of piperidine rings is 1. The molecule has 146 valence electrons. The Morgan fingerprint density at radius 2 is 2.04 bits per heavy atom. The second-order valence-electron chi connectivity index (χ2n) is 7.37. The quantitative estimate of drug-likeness (QED) is 0.440. The van der Waals surface area contributed by atoms with Gasteiger partial charge >= 0.3 is 0 Å². The number of nitrogens with one attached hydrogen (secondary N) is 2. The molecule has 2 amide bonds. The summed E-state index contributed by atoms with van der Waals surface area (Å²) in [6, 6.07) is 7.49. The van der Waals surface area contributed by atoms with Crippen LogP contribution >= 0.6 is 0 Å². The van der Waals surface area contributed by atoms with Crippen LogP contribution in [0.15, 0.2) is 30.5 Å². The van der Waals surface area contributed by atoms with Crippen LogP contribution in [0.5, 0.6) is 0 Å². The number of carbonyl (C=O) groups excluding carboxylic acids is 2. The van der Waals surface area contributed by atoms with E-state index in [1.54, 1.807) is 5.48 Å². The third kappa shape index (κ3) is 4.87. The third-order valence-electron chi connectivity index (χ3n) is 5.50. The van der Waals surface area contributed by atoms with Gasteiger partial charge in [-0.2, -0.15) is 0 Å². The molecule has 3 rings (SSSR count). The zero-order valence-electron chi connectivity index (χ0n) is 15.5. The molecule has 1 aliphatic heterocycles. The first-order valence-electron chi connectivity index (χ1n) is 9.60. The van der Waals surface area contributed by atoms with Crippen LogP contribution in [0, 0.1) is 5.92 Å². The number of nitrogens with zero attached hydrogens (tertiary/aromatic N) is 1. The first kappa shape index (κ1) is 19.4. The van der Waals surface area contributed by atoms with Crippen molar-refractivity contribution in [2.45, 2.75) is 44.6 Å². The molecule has 0 radical (unpaired) electrons. The summed E-state index contributed by atoms with van der Waals surface area (Å²) < 4.78 is 0. The molecule has 0 saturated carbocycles. The van der Waals surface area contributed by atoms with Crippen LogP contribution in [-0.4, -0.2) is 46.0 Å². The van der Waals surface area contributed by atoms with Crippen molar-refractivity contribution in [1.82, 2.24) is 15.4 Å². The molecule has 0 bridgehead atoms. The summed E-state index contributed by atoms with van der Waals surface area (Å²) in [6.07, 6.45) is 6.37. The van der Waals surface area contributed by atoms with Crippen LogP contribution in [0.2, 0.25) is 0 Å². The largest absolute Gasteiger partial charge is 0.361 e. The van der Waals surface area contributed by atoms with Crippen LogP contribution < -0.4 is 11.2 Å². The monoisotopic (exact) mass is 372 g/mol. The highest BCUT2D eigenvalue weighted by molar-refractivity contribution is 5.86. The number of hydrogen-bond donors (Lipinski definition) is 4. The fourth-order valence-corrected chi connectivity index (χ4v) is 3.91. The molecule has 0 spiro atoms. The van der Waals surface area contributed by atoms with Crippen molar-refractivity contribution in [3.8, 4) is 0 Å². The highest BCUT2D eigenvalue weighted by Gasteiger charge is 2.26. The molecule has 7 nitrogen and oxygen atoms in total. The Bertz CT molecular complexity index is 780.